The summed E-state index contributed by atoms with van der Waals surface area (Å²) in [5, 5.41) is 11.6. The number of benzene rings is 2. The van der Waals surface area contributed by atoms with Crippen molar-refractivity contribution in [2.45, 2.75) is 19.9 Å². The molecule has 3 N–H and O–H groups in total. The van der Waals surface area contributed by atoms with Gasteiger partial charge in [-0.25, -0.2) is 9.38 Å². The van der Waals surface area contributed by atoms with Gasteiger partial charge < -0.3 is 20.1 Å². The van der Waals surface area contributed by atoms with Crippen LogP contribution in [0.1, 0.15) is 18.2 Å². The summed E-state index contributed by atoms with van der Waals surface area (Å²) in [5.41, 5.74) is 3.75. The van der Waals surface area contributed by atoms with Crippen molar-refractivity contribution in [2.24, 2.45) is 4.99 Å². The van der Waals surface area contributed by atoms with Crippen LogP contribution in [0.2, 0.25) is 0 Å². The number of aromatic amines is 1. The maximum absolute atomic E-state index is 13.5. The Morgan fingerprint density at radius 3 is 2.83 bits per heavy atom. The molecule has 0 aliphatic carbocycles. The first-order chi connectivity index (χ1) is 14.7. The lowest BCUT2D eigenvalue weighted by Crippen LogP contribution is -2.38. The van der Waals surface area contributed by atoms with E-state index in [2.05, 4.69) is 25.8 Å². The smallest absolute Gasteiger partial charge is 0.191 e. The van der Waals surface area contributed by atoms with Crippen LogP contribution in [-0.4, -0.2) is 29.2 Å². The van der Waals surface area contributed by atoms with E-state index in [4.69, 9.17) is 4.52 Å². The molecule has 0 aliphatic heterocycles. The highest BCUT2D eigenvalue weighted by Gasteiger charge is 2.08. The molecule has 4 aromatic rings. The minimum atomic E-state index is -0.228. The zero-order valence-electron chi connectivity index (χ0n) is 16.8. The molecule has 0 saturated heterocycles. The van der Waals surface area contributed by atoms with Crippen LogP contribution < -0.4 is 10.6 Å². The van der Waals surface area contributed by atoms with Crippen molar-refractivity contribution < 1.29 is 8.91 Å². The number of guanidine groups is 1. The van der Waals surface area contributed by atoms with Gasteiger partial charge in [-0.05, 0) is 37.1 Å². The highest BCUT2D eigenvalue weighted by molar-refractivity contribution is 5.83. The van der Waals surface area contributed by atoms with E-state index in [1.165, 1.54) is 6.07 Å². The fourth-order valence-electron chi connectivity index (χ4n) is 3.30. The topological polar surface area (TPSA) is 78.2 Å². The van der Waals surface area contributed by atoms with Gasteiger partial charge in [0.05, 0.1) is 6.54 Å². The van der Waals surface area contributed by atoms with Crippen molar-refractivity contribution in [3.63, 3.8) is 0 Å². The zero-order valence-corrected chi connectivity index (χ0v) is 16.8. The van der Waals surface area contributed by atoms with Crippen LogP contribution in [0.15, 0.2) is 70.3 Å². The maximum atomic E-state index is 13.5. The number of nitrogens with one attached hydrogen (secondary N) is 3. The molecule has 6 nitrogen and oxygen atoms in total. The Kier molecular flexibility index (Phi) is 6.08. The second kappa shape index (κ2) is 9.26. The van der Waals surface area contributed by atoms with Crippen molar-refractivity contribution in [1.29, 1.82) is 0 Å². The number of rotatable bonds is 7. The largest absolute Gasteiger partial charge is 0.361 e. The molecule has 2 aromatic heterocycles. The van der Waals surface area contributed by atoms with Crippen LogP contribution in [0.4, 0.5) is 4.39 Å². The monoisotopic (exact) mass is 405 g/mol. The van der Waals surface area contributed by atoms with E-state index >= 15 is 0 Å². The molecule has 0 radical (unpaired) electrons. The van der Waals surface area contributed by atoms with Crippen molar-refractivity contribution in [1.82, 2.24) is 20.8 Å². The van der Waals surface area contributed by atoms with Crippen molar-refractivity contribution in [3.8, 4) is 11.3 Å². The Bertz CT molecular complexity index is 1130. The number of fused-ring (bicyclic) bond motifs is 1. The molecule has 0 aliphatic rings. The van der Waals surface area contributed by atoms with Crippen molar-refractivity contribution in [3.05, 3.63) is 77.9 Å². The first-order valence-corrected chi connectivity index (χ1v) is 10.0. The third kappa shape index (κ3) is 4.68. The highest BCUT2D eigenvalue weighted by Crippen LogP contribution is 2.20. The van der Waals surface area contributed by atoms with Crippen LogP contribution in [0.3, 0.4) is 0 Å². The van der Waals surface area contributed by atoms with Crippen molar-refractivity contribution >= 4 is 16.9 Å². The van der Waals surface area contributed by atoms with Gasteiger partial charge in [0.2, 0.25) is 0 Å². The first-order valence-electron chi connectivity index (χ1n) is 10.0. The third-order valence-corrected chi connectivity index (χ3v) is 4.78. The molecular formula is C23H24FN5O. The molecule has 0 amide bonds. The molecule has 0 spiro atoms. The van der Waals surface area contributed by atoms with Gasteiger partial charge in [0.25, 0.3) is 0 Å². The first kappa shape index (κ1) is 19.7. The number of hydrogen-bond acceptors (Lipinski definition) is 3. The molecule has 2 aromatic carbocycles. The molecule has 154 valence electrons. The predicted molar refractivity (Wildman–Crippen MR) is 117 cm³/mol. The van der Waals surface area contributed by atoms with Gasteiger partial charge >= 0.3 is 0 Å². The Morgan fingerprint density at radius 1 is 1.13 bits per heavy atom. The van der Waals surface area contributed by atoms with Gasteiger partial charge in [-0.15, -0.1) is 0 Å². The lowest BCUT2D eigenvalue weighted by molar-refractivity contribution is 0.424. The second-order valence-electron chi connectivity index (χ2n) is 6.92. The Hall–Kier alpha value is -3.61. The minimum absolute atomic E-state index is 0.228. The lowest BCUT2D eigenvalue weighted by atomic mass is 10.1. The number of aliphatic imine (C=N–C) groups is 1. The summed E-state index contributed by atoms with van der Waals surface area (Å²) < 4.78 is 19.0. The van der Waals surface area contributed by atoms with Gasteiger partial charge in [0, 0.05) is 41.8 Å². The zero-order chi connectivity index (χ0) is 20.8. The van der Waals surface area contributed by atoms with Gasteiger partial charge in [-0.2, -0.15) is 0 Å². The highest BCUT2D eigenvalue weighted by atomic mass is 19.1. The summed E-state index contributed by atoms with van der Waals surface area (Å²) in [6.07, 6.45) is 2.67. The van der Waals surface area contributed by atoms with Gasteiger partial charge in [-0.1, -0.05) is 35.5 Å². The predicted octanol–water partition coefficient (Wildman–Crippen LogP) is 4.26. The minimum Gasteiger partial charge on any atom is -0.361 e. The third-order valence-electron chi connectivity index (χ3n) is 4.78. The van der Waals surface area contributed by atoms with Gasteiger partial charge in [0.1, 0.15) is 11.5 Å². The van der Waals surface area contributed by atoms with E-state index in [9.17, 15) is 4.39 Å². The summed E-state index contributed by atoms with van der Waals surface area (Å²) >= 11 is 0. The molecule has 0 bridgehead atoms. The van der Waals surface area contributed by atoms with E-state index < -0.39 is 0 Å². The van der Waals surface area contributed by atoms with E-state index in [-0.39, 0.29) is 5.82 Å². The summed E-state index contributed by atoms with van der Waals surface area (Å²) in [7, 11) is 0. The van der Waals surface area contributed by atoms with E-state index in [1.807, 2.05) is 49.5 Å². The number of halogens is 1. The summed E-state index contributed by atoms with van der Waals surface area (Å²) in [6, 6.07) is 16.5. The Morgan fingerprint density at radius 2 is 2.00 bits per heavy atom. The SMILES string of the molecule is CCNC(=NCc1cc(-c2ccccc2)on1)NCCc1c[nH]c2ccc(F)cc12. The Labute approximate surface area is 174 Å². The van der Waals surface area contributed by atoms with E-state index in [0.29, 0.717) is 19.0 Å². The second-order valence-corrected chi connectivity index (χ2v) is 6.92. The molecule has 0 unspecified atom stereocenters. The summed E-state index contributed by atoms with van der Waals surface area (Å²) in [6.45, 7) is 3.84. The number of aromatic nitrogens is 2. The Balaban J connectivity index is 1.37. The average molecular weight is 405 g/mol. The van der Waals surface area contributed by atoms with Crippen LogP contribution in [0.5, 0.6) is 0 Å². The summed E-state index contributed by atoms with van der Waals surface area (Å²) in [5.74, 6) is 1.20. The number of H-pyrrole nitrogens is 1. The van der Waals surface area contributed by atoms with Crippen molar-refractivity contribution in [2.75, 3.05) is 13.1 Å². The molecule has 0 fully saturated rings. The van der Waals surface area contributed by atoms with E-state index in [0.717, 1.165) is 46.4 Å². The van der Waals surface area contributed by atoms with Crippen LogP contribution >= 0.6 is 0 Å². The molecule has 4 rings (SSSR count). The number of nitrogens with zero attached hydrogens (tertiary/aromatic N) is 2. The molecule has 7 heteroatoms. The van der Waals surface area contributed by atoms with E-state index in [1.54, 1.807) is 12.1 Å². The number of hydrogen-bond donors (Lipinski definition) is 3. The molecule has 0 saturated carbocycles. The summed E-state index contributed by atoms with van der Waals surface area (Å²) in [4.78, 5) is 7.77. The molecule has 0 atom stereocenters. The quantitative estimate of drug-likeness (QED) is 0.317. The normalized spacial score (nSPS) is 11.7. The standard InChI is InChI=1S/C23H24FN5O/c1-2-25-23(26-11-10-17-14-27-21-9-8-18(24)12-20(17)21)28-15-19-13-22(30-29-19)16-6-4-3-5-7-16/h3-9,12-14,27H,2,10-11,15H2,1H3,(H2,25,26,28). The van der Waals surface area contributed by atoms with Gasteiger partial charge in [-0.3, -0.25) is 0 Å². The molecule has 30 heavy (non-hydrogen) atoms. The molecular weight excluding hydrogens is 381 g/mol. The lowest BCUT2D eigenvalue weighted by Gasteiger charge is -2.10. The van der Waals surface area contributed by atoms with Crippen LogP contribution in [-0.2, 0) is 13.0 Å². The average Bonchev–Trinajstić information content (AvgIpc) is 3.40. The van der Waals surface area contributed by atoms with Gasteiger partial charge in [0.15, 0.2) is 11.7 Å². The van der Waals surface area contributed by atoms with Crippen LogP contribution in [0.25, 0.3) is 22.2 Å². The fraction of sp³-hybridized carbons (Fsp3) is 0.217. The van der Waals surface area contributed by atoms with Crippen LogP contribution in [0, 0.1) is 5.82 Å². The fourth-order valence-corrected chi connectivity index (χ4v) is 3.30. The molecule has 2 heterocycles. The maximum Gasteiger partial charge on any atom is 0.191 e.